The van der Waals surface area contributed by atoms with Gasteiger partial charge in [-0.2, -0.15) is 0 Å². The molecule has 1 heterocycles. The van der Waals surface area contributed by atoms with E-state index >= 15 is 0 Å². The first kappa shape index (κ1) is 13.9. The molecule has 0 aliphatic heterocycles. The SMILES string of the molecule is CNC1CC(C)CC(C)C1Sc1nnc(C)n1C. The highest BCUT2D eigenvalue weighted by atomic mass is 32.2. The van der Waals surface area contributed by atoms with Crippen LogP contribution in [0.25, 0.3) is 0 Å². The first-order chi connectivity index (χ1) is 8.52. The van der Waals surface area contributed by atoms with Crippen LogP contribution >= 0.6 is 11.8 Å². The topological polar surface area (TPSA) is 42.7 Å². The van der Waals surface area contributed by atoms with Crippen LogP contribution in [0.15, 0.2) is 5.16 Å². The van der Waals surface area contributed by atoms with Gasteiger partial charge in [0.05, 0.1) is 0 Å². The first-order valence-corrected chi connectivity index (χ1v) is 7.60. The number of nitrogens with zero attached hydrogens (tertiary/aromatic N) is 3. The van der Waals surface area contributed by atoms with Gasteiger partial charge in [0.15, 0.2) is 5.16 Å². The Kier molecular flexibility index (Phi) is 4.33. The van der Waals surface area contributed by atoms with Crippen LogP contribution in [0.2, 0.25) is 0 Å². The van der Waals surface area contributed by atoms with Crippen molar-refractivity contribution in [3.05, 3.63) is 5.82 Å². The number of aromatic nitrogens is 3. The van der Waals surface area contributed by atoms with Gasteiger partial charge < -0.3 is 9.88 Å². The zero-order chi connectivity index (χ0) is 13.3. The van der Waals surface area contributed by atoms with E-state index in [-0.39, 0.29) is 0 Å². The molecule has 1 aliphatic carbocycles. The Morgan fingerprint density at radius 2 is 2.00 bits per heavy atom. The Bertz CT molecular complexity index is 404. The third-order valence-electron chi connectivity index (χ3n) is 4.05. The standard InChI is InChI=1S/C13H24N4S/c1-8-6-9(2)12(11(7-8)14-4)18-13-16-15-10(3)17(13)5/h8-9,11-12,14H,6-7H2,1-5H3. The smallest absolute Gasteiger partial charge is 0.191 e. The fourth-order valence-corrected chi connectivity index (χ4v) is 4.30. The van der Waals surface area contributed by atoms with Crippen LogP contribution in [-0.2, 0) is 7.05 Å². The highest BCUT2D eigenvalue weighted by Gasteiger charge is 2.34. The van der Waals surface area contributed by atoms with Crippen LogP contribution in [0.4, 0.5) is 0 Å². The summed E-state index contributed by atoms with van der Waals surface area (Å²) >= 11 is 1.88. The van der Waals surface area contributed by atoms with Gasteiger partial charge in [-0.15, -0.1) is 10.2 Å². The minimum atomic E-state index is 0.575. The molecule has 4 unspecified atom stereocenters. The number of thioether (sulfide) groups is 1. The lowest BCUT2D eigenvalue weighted by molar-refractivity contribution is 0.256. The van der Waals surface area contributed by atoms with E-state index in [9.17, 15) is 0 Å². The third-order valence-corrected chi connectivity index (χ3v) is 5.68. The van der Waals surface area contributed by atoms with Crippen LogP contribution in [0.1, 0.15) is 32.5 Å². The van der Waals surface area contributed by atoms with Crippen molar-refractivity contribution in [1.29, 1.82) is 0 Å². The number of aryl methyl sites for hydroxylation is 1. The van der Waals surface area contributed by atoms with E-state index in [0.717, 1.165) is 16.9 Å². The van der Waals surface area contributed by atoms with Crippen molar-refractivity contribution in [2.45, 2.75) is 50.1 Å². The lowest BCUT2D eigenvalue weighted by Gasteiger charge is -2.38. The van der Waals surface area contributed by atoms with Crippen molar-refractivity contribution in [2.24, 2.45) is 18.9 Å². The van der Waals surface area contributed by atoms with Gasteiger partial charge in [0.2, 0.25) is 0 Å². The monoisotopic (exact) mass is 268 g/mol. The van der Waals surface area contributed by atoms with Gasteiger partial charge in [-0.3, -0.25) is 0 Å². The van der Waals surface area contributed by atoms with E-state index in [1.807, 2.05) is 25.7 Å². The first-order valence-electron chi connectivity index (χ1n) is 6.72. The molecule has 5 heteroatoms. The van der Waals surface area contributed by atoms with E-state index in [2.05, 4.69) is 41.0 Å². The molecule has 4 atom stereocenters. The summed E-state index contributed by atoms with van der Waals surface area (Å²) in [5, 5.41) is 13.5. The minimum Gasteiger partial charge on any atom is -0.316 e. The normalized spacial score (nSPS) is 32.7. The Balaban J connectivity index is 2.13. The Morgan fingerprint density at radius 1 is 1.28 bits per heavy atom. The second kappa shape index (κ2) is 5.61. The van der Waals surface area contributed by atoms with Crippen LogP contribution in [-0.4, -0.2) is 33.1 Å². The fraction of sp³-hybridized carbons (Fsp3) is 0.846. The van der Waals surface area contributed by atoms with Crippen molar-refractivity contribution >= 4 is 11.8 Å². The minimum absolute atomic E-state index is 0.575. The van der Waals surface area contributed by atoms with E-state index in [0.29, 0.717) is 17.2 Å². The van der Waals surface area contributed by atoms with Crippen molar-refractivity contribution < 1.29 is 0 Å². The number of hydrogen-bond donors (Lipinski definition) is 1. The van der Waals surface area contributed by atoms with Crippen molar-refractivity contribution in [3.8, 4) is 0 Å². The molecule has 1 saturated carbocycles. The third kappa shape index (κ3) is 2.72. The predicted molar refractivity (Wildman–Crippen MR) is 75.8 cm³/mol. The molecule has 0 amide bonds. The van der Waals surface area contributed by atoms with Crippen LogP contribution < -0.4 is 5.32 Å². The largest absolute Gasteiger partial charge is 0.316 e. The maximum absolute atomic E-state index is 4.28. The van der Waals surface area contributed by atoms with Gasteiger partial charge in [0, 0.05) is 18.3 Å². The number of hydrogen-bond acceptors (Lipinski definition) is 4. The molecule has 1 fully saturated rings. The summed E-state index contributed by atoms with van der Waals surface area (Å²) in [6.45, 7) is 6.72. The van der Waals surface area contributed by atoms with Crippen molar-refractivity contribution in [3.63, 3.8) is 0 Å². The average Bonchev–Trinajstić information content (AvgIpc) is 2.63. The van der Waals surface area contributed by atoms with Crippen molar-refractivity contribution in [1.82, 2.24) is 20.1 Å². The van der Waals surface area contributed by atoms with Gasteiger partial charge in [0.1, 0.15) is 5.82 Å². The lowest BCUT2D eigenvalue weighted by Crippen LogP contribution is -2.44. The summed E-state index contributed by atoms with van der Waals surface area (Å²) < 4.78 is 2.09. The molecule has 102 valence electrons. The van der Waals surface area contributed by atoms with Gasteiger partial charge in [-0.25, -0.2) is 0 Å². The van der Waals surface area contributed by atoms with E-state index in [1.54, 1.807) is 0 Å². The molecule has 1 aromatic rings. The molecule has 4 nitrogen and oxygen atoms in total. The van der Waals surface area contributed by atoms with Gasteiger partial charge >= 0.3 is 0 Å². The van der Waals surface area contributed by atoms with Gasteiger partial charge in [-0.1, -0.05) is 25.6 Å². The molecular weight excluding hydrogens is 244 g/mol. The quantitative estimate of drug-likeness (QED) is 0.913. The zero-order valence-corrected chi connectivity index (χ0v) is 12.8. The van der Waals surface area contributed by atoms with E-state index in [1.165, 1.54) is 12.8 Å². The fourth-order valence-electron chi connectivity index (χ4n) is 2.92. The summed E-state index contributed by atoms with van der Waals surface area (Å²) in [6, 6.07) is 0.575. The molecule has 0 aromatic carbocycles. The van der Waals surface area contributed by atoms with Crippen molar-refractivity contribution in [2.75, 3.05) is 7.05 Å². The van der Waals surface area contributed by atoms with Gasteiger partial charge in [0.25, 0.3) is 0 Å². The zero-order valence-electron chi connectivity index (χ0n) is 12.0. The maximum Gasteiger partial charge on any atom is 0.191 e. The highest BCUT2D eigenvalue weighted by Crippen LogP contribution is 2.38. The molecule has 0 radical (unpaired) electrons. The number of nitrogens with one attached hydrogen (secondary N) is 1. The predicted octanol–water partition coefficient (Wildman–Crippen LogP) is 2.24. The molecule has 0 saturated heterocycles. The molecule has 1 N–H and O–H groups in total. The summed E-state index contributed by atoms with van der Waals surface area (Å²) in [7, 11) is 4.12. The van der Waals surface area contributed by atoms with E-state index < -0.39 is 0 Å². The molecule has 0 spiro atoms. The molecule has 2 rings (SSSR count). The summed E-state index contributed by atoms with van der Waals surface area (Å²) in [5.74, 6) is 2.51. The van der Waals surface area contributed by atoms with E-state index in [4.69, 9.17) is 0 Å². The Morgan fingerprint density at radius 3 is 2.56 bits per heavy atom. The molecular formula is C13H24N4S. The Hall–Kier alpha value is -0.550. The summed E-state index contributed by atoms with van der Waals surface area (Å²) in [4.78, 5) is 0. The Labute approximate surface area is 114 Å². The second-order valence-corrected chi connectivity index (χ2v) is 6.77. The second-order valence-electron chi connectivity index (χ2n) is 5.62. The summed E-state index contributed by atoms with van der Waals surface area (Å²) in [5.41, 5.74) is 0. The molecule has 0 bridgehead atoms. The van der Waals surface area contributed by atoms with Crippen LogP contribution in [0.5, 0.6) is 0 Å². The maximum atomic E-state index is 4.28. The van der Waals surface area contributed by atoms with Gasteiger partial charge in [-0.05, 0) is 38.6 Å². The van der Waals surface area contributed by atoms with Crippen LogP contribution in [0.3, 0.4) is 0 Å². The molecule has 1 aliphatic rings. The summed E-state index contributed by atoms with van der Waals surface area (Å²) in [6.07, 6.45) is 2.57. The average molecular weight is 268 g/mol. The molecule has 18 heavy (non-hydrogen) atoms. The van der Waals surface area contributed by atoms with Crippen LogP contribution in [0, 0.1) is 18.8 Å². The lowest BCUT2D eigenvalue weighted by atomic mass is 9.80. The number of rotatable bonds is 3. The highest BCUT2D eigenvalue weighted by molar-refractivity contribution is 7.99. The molecule has 1 aromatic heterocycles.